The Morgan fingerprint density at radius 2 is 1.75 bits per heavy atom. The Kier molecular flexibility index (Phi) is 2.03. The Morgan fingerprint density at radius 1 is 0.938 bits per heavy atom. The van der Waals surface area contributed by atoms with Gasteiger partial charge < -0.3 is 4.98 Å². The van der Waals surface area contributed by atoms with Crippen molar-refractivity contribution < 1.29 is 0 Å². The van der Waals surface area contributed by atoms with Gasteiger partial charge in [0.1, 0.15) is 0 Å². The first-order valence-corrected chi connectivity index (χ1v) is 5.51. The van der Waals surface area contributed by atoms with Gasteiger partial charge in [0.05, 0.1) is 0 Å². The summed E-state index contributed by atoms with van der Waals surface area (Å²) in [6.45, 7) is 2.04. The Hall–Kier alpha value is -2.02. The average Bonchev–Trinajstić information content (AvgIpc) is 2.67. The highest BCUT2D eigenvalue weighted by atomic mass is 14.7. The minimum atomic E-state index is 1.20. The van der Waals surface area contributed by atoms with Gasteiger partial charge in [-0.25, -0.2) is 0 Å². The summed E-state index contributed by atoms with van der Waals surface area (Å²) < 4.78 is 0. The highest BCUT2D eigenvalue weighted by Crippen LogP contribution is 2.25. The molecule has 16 heavy (non-hydrogen) atoms. The Morgan fingerprint density at radius 3 is 2.62 bits per heavy atom. The summed E-state index contributed by atoms with van der Waals surface area (Å²) in [6, 6.07) is 14.9. The molecule has 3 aromatic rings. The molecule has 1 N–H and O–H groups in total. The smallest absolute Gasteiger partial charge is 0.0470 e. The predicted molar refractivity (Wildman–Crippen MR) is 70.5 cm³/mol. The first-order valence-electron chi connectivity index (χ1n) is 5.51. The first-order chi connectivity index (χ1) is 7.88. The number of fused-ring (bicyclic) bond motifs is 3. The van der Waals surface area contributed by atoms with Crippen molar-refractivity contribution in [1.82, 2.24) is 4.98 Å². The summed E-state index contributed by atoms with van der Waals surface area (Å²) in [5.41, 5.74) is 3.65. The van der Waals surface area contributed by atoms with Gasteiger partial charge >= 0.3 is 0 Å². The second kappa shape index (κ2) is 3.53. The number of nitrogens with one attached hydrogen (secondary N) is 1. The second-order valence-corrected chi connectivity index (χ2v) is 3.98. The van der Waals surface area contributed by atoms with E-state index in [-0.39, 0.29) is 0 Å². The molecule has 1 heterocycles. The first kappa shape index (κ1) is 9.22. The fourth-order valence-corrected chi connectivity index (χ4v) is 2.17. The molecule has 78 valence electrons. The third-order valence-corrected chi connectivity index (χ3v) is 2.89. The fourth-order valence-electron chi connectivity index (χ4n) is 2.17. The quantitative estimate of drug-likeness (QED) is 0.610. The zero-order valence-corrected chi connectivity index (χ0v) is 9.20. The molecule has 0 saturated heterocycles. The van der Waals surface area contributed by atoms with E-state index >= 15 is 0 Å². The lowest BCUT2D eigenvalue weighted by molar-refractivity contribution is 1.54. The number of para-hydroxylation sites is 1. The van der Waals surface area contributed by atoms with Crippen LogP contribution in [-0.2, 0) is 0 Å². The zero-order valence-electron chi connectivity index (χ0n) is 9.20. The van der Waals surface area contributed by atoms with Crippen LogP contribution in [0.4, 0.5) is 0 Å². The third-order valence-electron chi connectivity index (χ3n) is 2.89. The maximum atomic E-state index is 3.44. The van der Waals surface area contributed by atoms with Crippen LogP contribution in [0.1, 0.15) is 12.5 Å². The molecule has 0 radical (unpaired) electrons. The second-order valence-electron chi connectivity index (χ2n) is 3.98. The van der Waals surface area contributed by atoms with Crippen LogP contribution in [0, 0.1) is 0 Å². The van der Waals surface area contributed by atoms with Crippen LogP contribution in [0.3, 0.4) is 0 Å². The van der Waals surface area contributed by atoms with Crippen LogP contribution in [0.2, 0.25) is 0 Å². The molecule has 3 rings (SSSR count). The lowest BCUT2D eigenvalue weighted by Gasteiger charge is -1.94. The van der Waals surface area contributed by atoms with Crippen molar-refractivity contribution in [2.45, 2.75) is 6.92 Å². The van der Waals surface area contributed by atoms with E-state index in [4.69, 9.17) is 0 Å². The van der Waals surface area contributed by atoms with Crippen LogP contribution in [0.5, 0.6) is 0 Å². The molecule has 0 unspecified atom stereocenters. The van der Waals surface area contributed by atoms with Crippen LogP contribution < -0.4 is 0 Å². The minimum absolute atomic E-state index is 1.20. The summed E-state index contributed by atoms with van der Waals surface area (Å²) in [5.74, 6) is 0. The van der Waals surface area contributed by atoms with Gasteiger partial charge in [0, 0.05) is 21.8 Å². The van der Waals surface area contributed by atoms with Crippen molar-refractivity contribution >= 4 is 27.9 Å². The van der Waals surface area contributed by atoms with Crippen LogP contribution >= 0.6 is 0 Å². The van der Waals surface area contributed by atoms with Crippen molar-refractivity contribution in [3.63, 3.8) is 0 Å². The molecule has 0 atom stereocenters. The van der Waals surface area contributed by atoms with Gasteiger partial charge in [0.25, 0.3) is 0 Å². The lowest BCUT2D eigenvalue weighted by atomic mass is 10.1. The number of aromatic nitrogens is 1. The van der Waals surface area contributed by atoms with Crippen molar-refractivity contribution in [2.24, 2.45) is 0 Å². The van der Waals surface area contributed by atoms with Crippen LogP contribution in [0.25, 0.3) is 27.9 Å². The Labute approximate surface area is 94.4 Å². The average molecular weight is 207 g/mol. The van der Waals surface area contributed by atoms with E-state index in [2.05, 4.69) is 59.6 Å². The molecular weight excluding hydrogens is 194 g/mol. The summed E-state index contributed by atoms with van der Waals surface area (Å²) in [5, 5.41) is 2.59. The van der Waals surface area contributed by atoms with Crippen LogP contribution in [-0.4, -0.2) is 4.98 Å². The maximum Gasteiger partial charge on any atom is 0.0470 e. The molecule has 1 aromatic heterocycles. The van der Waals surface area contributed by atoms with E-state index in [0.29, 0.717) is 0 Å². The molecule has 1 heteroatoms. The molecule has 0 bridgehead atoms. The van der Waals surface area contributed by atoms with E-state index in [0.717, 1.165) is 0 Å². The van der Waals surface area contributed by atoms with Crippen LogP contribution in [0.15, 0.2) is 48.5 Å². The van der Waals surface area contributed by atoms with E-state index in [1.165, 1.54) is 27.4 Å². The van der Waals surface area contributed by atoms with Gasteiger partial charge in [-0.15, -0.1) is 0 Å². The molecular formula is C15H13N. The minimum Gasteiger partial charge on any atom is -0.354 e. The summed E-state index contributed by atoms with van der Waals surface area (Å²) >= 11 is 0. The number of benzene rings is 2. The largest absolute Gasteiger partial charge is 0.354 e. The standard InChI is InChI=1S/C15H13N/c1-2-5-11-8-9-13-12-6-3-4-7-14(12)16-15(13)10-11/h2-10,16H,1H3/b5-2+. The van der Waals surface area contributed by atoms with Crippen molar-refractivity contribution in [1.29, 1.82) is 0 Å². The van der Waals surface area contributed by atoms with Gasteiger partial charge in [0.2, 0.25) is 0 Å². The number of rotatable bonds is 1. The Balaban J connectivity index is 2.36. The van der Waals surface area contributed by atoms with E-state index < -0.39 is 0 Å². The topological polar surface area (TPSA) is 15.8 Å². The SMILES string of the molecule is C/C=C/c1ccc2c(c1)[nH]c1ccccc12. The van der Waals surface area contributed by atoms with Gasteiger partial charge in [-0.2, -0.15) is 0 Å². The summed E-state index contributed by atoms with van der Waals surface area (Å²) in [6.07, 6.45) is 4.18. The molecule has 0 fully saturated rings. The number of allylic oxidation sites excluding steroid dienone is 1. The molecule has 0 aliphatic rings. The molecule has 0 aliphatic carbocycles. The van der Waals surface area contributed by atoms with Gasteiger partial charge in [-0.1, -0.05) is 42.5 Å². The number of hydrogen-bond acceptors (Lipinski definition) is 0. The molecule has 0 spiro atoms. The summed E-state index contributed by atoms with van der Waals surface area (Å²) in [4.78, 5) is 3.44. The van der Waals surface area contributed by atoms with E-state index in [1.807, 2.05) is 6.92 Å². The molecule has 0 aliphatic heterocycles. The molecule has 0 saturated carbocycles. The number of aromatic amines is 1. The fraction of sp³-hybridized carbons (Fsp3) is 0.0667. The van der Waals surface area contributed by atoms with Crippen molar-refractivity contribution in [3.05, 3.63) is 54.1 Å². The normalized spacial score (nSPS) is 11.8. The Bertz CT molecular complexity index is 674. The monoisotopic (exact) mass is 207 g/mol. The van der Waals surface area contributed by atoms with Gasteiger partial charge in [-0.05, 0) is 24.6 Å². The summed E-state index contributed by atoms with van der Waals surface area (Å²) in [7, 11) is 0. The maximum absolute atomic E-state index is 3.44. The number of H-pyrrole nitrogens is 1. The van der Waals surface area contributed by atoms with Gasteiger partial charge in [-0.3, -0.25) is 0 Å². The van der Waals surface area contributed by atoms with Crippen molar-refractivity contribution in [3.8, 4) is 0 Å². The molecule has 1 nitrogen and oxygen atoms in total. The third kappa shape index (κ3) is 1.33. The van der Waals surface area contributed by atoms with E-state index in [9.17, 15) is 0 Å². The zero-order chi connectivity index (χ0) is 11.0. The van der Waals surface area contributed by atoms with E-state index in [1.54, 1.807) is 0 Å². The lowest BCUT2D eigenvalue weighted by Crippen LogP contribution is -1.72. The highest BCUT2D eigenvalue weighted by molar-refractivity contribution is 6.07. The number of hydrogen-bond donors (Lipinski definition) is 1. The van der Waals surface area contributed by atoms with Crippen molar-refractivity contribution in [2.75, 3.05) is 0 Å². The predicted octanol–water partition coefficient (Wildman–Crippen LogP) is 4.35. The van der Waals surface area contributed by atoms with Gasteiger partial charge in [0.15, 0.2) is 0 Å². The molecule has 2 aromatic carbocycles. The highest BCUT2D eigenvalue weighted by Gasteiger charge is 2.02. The molecule has 0 amide bonds.